The van der Waals surface area contributed by atoms with Gasteiger partial charge in [0.15, 0.2) is 0 Å². The van der Waals surface area contributed by atoms with Crippen LogP contribution in [0.4, 0.5) is 0 Å². The third-order valence-electron chi connectivity index (χ3n) is 4.61. The van der Waals surface area contributed by atoms with E-state index in [1.807, 2.05) is 37.4 Å². The van der Waals surface area contributed by atoms with Gasteiger partial charge in [-0.1, -0.05) is 30.3 Å². The molecule has 1 amide bonds. The Balaban J connectivity index is 1.93. The highest BCUT2D eigenvalue weighted by Crippen LogP contribution is 2.21. The van der Waals surface area contributed by atoms with Gasteiger partial charge in [0.2, 0.25) is 5.91 Å². The summed E-state index contributed by atoms with van der Waals surface area (Å²) in [7, 11) is 3.62. The predicted octanol–water partition coefficient (Wildman–Crippen LogP) is 1.30. The summed E-state index contributed by atoms with van der Waals surface area (Å²) in [5.74, 6) is -1.32. The van der Waals surface area contributed by atoms with Crippen LogP contribution in [0.3, 0.4) is 0 Å². The summed E-state index contributed by atoms with van der Waals surface area (Å²) >= 11 is 0. The normalized spacial score (nSPS) is 20.5. The number of amides is 1. The molecule has 2 N–H and O–H groups in total. The molecule has 1 fully saturated rings. The van der Waals surface area contributed by atoms with Gasteiger partial charge in [0.25, 0.3) is 0 Å². The Kier molecular flexibility index (Phi) is 6.75. The maximum atomic E-state index is 12.3. The van der Waals surface area contributed by atoms with Crippen LogP contribution in [-0.2, 0) is 20.7 Å². The van der Waals surface area contributed by atoms with E-state index >= 15 is 0 Å². The minimum Gasteiger partial charge on any atom is -0.480 e. The average molecular weight is 334 g/mol. The highest BCUT2D eigenvalue weighted by Gasteiger charge is 2.31. The summed E-state index contributed by atoms with van der Waals surface area (Å²) in [5.41, 5.74) is 0.879. The van der Waals surface area contributed by atoms with Gasteiger partial charge < -0.3 is 20.1 Å². The number of rotatable bonds is 8. The van der Waals surface area contributed by atoms with E-state index in [1.54, 1.807) is 7.11 Å². The Bertz CT molecular complexity index is 549. The van der Waals surface area contributed by atoms with E-state index in [0.717, 1.165) is 24.9 Å². The number of carbonyl (C=O) groups excluding carboxylic acids is 1. The third-order valence-corrected chi connectivity index (χ3v) is 4.61. The molecular weight excluding hydrogens is 308 g/mol. The SMILES string of the molecule is CO[C@H](CC(=O)N[C@@H](Cc1ccccc1)C(=O)O)C1CCCN1C. The first kappa shape index (κ1) is 18.4. The van der Waals surface area contributed by atoms with Crippen LogP contribution < -0.4 is 5.32 Å². The van der Waals surface area contributed by atoms with E-state index in [-0.39, 0.29) is 30.9 Å². The summed E-state index contributed by atoms with van der Waals surface area (Å²) in [6.07, 6.45) is 2.31. The van der Waals surface area contributed by atoms with Crippen LogP contribution in [0.1, 0.15) is 24.8 Å². The number of likely N-dealkylation sites (N-methyl/N-ethyl adjacent to an activating group) is 1. The number of hydrogen-bond acceptors (Lipinski definition) is 4. The van der Waals surface area contributed by atoms with Crippen molar-refractivity contribution in [2.45, 2.75) is 43.9 Å². The quantitative estimate of drug-likeness (QED) is 0.749. The molecule has 0 aromatic heterocycles. The van der Waals surface area contributed by atoms with Crippen molar-refractivity contribution in [3.05, 3.63) is 35.9 Å². The number of nitrogens with zero attached hydrogens (tertiary/aromatic N) is 1. The molecule has 0 radical (unpaired) electrons. The van der Waals surface area contributed by atoms with Crippen molar-refractivity contribution in [2.75, 3.05) is 20.7 Å². The molecule has 0 bridgehead atoms. The number of carboxylic acids is 1. The highest BCUT2D eigenvalue weighted by atomic mass is 16.5. The average Bonchev–Trinajstić information content (AvgIpc) is 2.99. The first-order valence-electron chi connectivity index (χ1n) is 8.30. The number of hydrogen-bond donors (Lipinski definition) is 2. The number of ether oxygens (including phenoxy) is 1. The molecule has 1 aromatic carbocycles. The fraction of sp³-hybridized carbons (Fsp3) is 0.556. The Morgan fingerprint density at radius 1 is 1.38 bits per heavy atom. The molecule has 1 unspecified atom stereocenters. The van der Waals surface area contributed by atoms with Crippen LogP contribution in [0.15, 0.2) is 30.3 Å². The molecule has 0 spiro atoms. The van der Waals surface area contributed by atoms with Crippen molar-refractivity contribution in [3.63, 3.8) is 0 Å². The number of likely N-dealkylation sites (tertiary alicyclic amines) is 1. The topological polar surface area (TPSA) is 78.9 Å². The molecule has 1 aliphatic rings. The zero-order valence-electron chi connectivity index (χ0n) is 14.3. The maximum absolute atomic E-state index is 12.3. The van der Waals surface area contributed by atoms with Crippen molar-refractivity contribution in [1.29, 1.82) is 0 Å². The lowest BCUT2D eigenvalue weighted by atomic mass is 10.0. The molecule has 3 atom stereocenters. The van der Waals surface area contributed by atoms with Crippen LogP contribution >= 0.6 is 0 Å². The predicted molar refractivity (Wildman–Crippen MR) is 90.8 cm³/mol. The van der Waals surface area contributed by atoms with E-state index < -0.39 is 12.0 Å². The van der Waals surface area contributed by atoms with Crippen LogP contribution in [0, 0.1) is 0 Å². The fourth-order valence-electron chi connectivity index (χ4n) is 3.27. The van der Waals surface area contributed by atoms with Crippen LogP contribution in [0.25, 0.3) is 0 Å². The van der Waals surface area contributed by atoms with E-state index in [4.69, 9.17) is 4.74 Å². The van der Waals surface area contributed by atoms with Crippen LogP contribution in [0.2, 0.25) is 0 Å². The van der Waals surface area contributed by atoms with E-state index in [1.165, 1.54) is 0 Å². The second kappa shape index (κ2) is 8.80. The van der Waals surface area contributed by atoms with Gasteiger partial charge in [-0.2, -0.15) is 0 Å². The molecule has 0 saturated carbocycles. The number of carboxylic acid groups (broad SMARTS) is 1. The van der Waals surface area contributed by atoms with E-state index in [9.17, 15) is 14.7 Å². The van der Waals surface area contributed by atoms with Crippen LogP contribution in [0.5, 0.6) is 0 Å². The number of aliphatic carboxylic acids is 1. The standard InChI is InChI=1S/C18H26N2O4/c1-20-10-6-9-15(20)16(24-2)12-17(21)19-14(18(22)23)11-13-7-4-3-5-8-13/h3-5,7-8,14-16H,6,9-12H2,1-2H3,(H,19,21)(H,22,23)/t14-,15?,16+/m0/s1. The zero-order valence-corrected chi connectivity index (χ0v) is 14.3. The lowest BCUT2D eigenvalue weighted by Gasteiger charge is -2.28. The second-order valence-electron chi connectivity index (χ2n) is 6.32. The molecule has 2 rings (SSSR count). The second-order valence-corrected chi connectivity index (χ2v) is 6.32. The number of benzene rings is 1. The molecule has 6 nitrogen and oxygen atoms in total. The number of methoxy groups -OCH3 is 1. The van der Waals surface area contributed by atoms with Gasteiger partial charge in [-0.05, 0) is 32.0 Å². The van der Waals surface area contributed by atoms with Gasteiger partial charge in [-0.3, -0.25) is 4.79 Å². The first-order valence-corrected chi connectivity index (χ1v) is 8.30. The largest absolute Gasteiger partial charge is 0.480 e. The number of nitrogens with one attached hydrogen (secondary N) is 1. The van der Waals surface area contributed by atoms with Crippen molar-refractivity contribution in [2.24, 2.45) is 0 Å². The Morgan fingerprint density at radius 3 is 2.62 bits per heavy atom. The van der Waals surface area contributed by atoms with Gasteiger partial charge in [0.05, 0.1) is 12.5 Å². The summed E-state index contributed by atoms with van der Waals surface area (Å²) in [5, 5.41) is 12.0. The molecule has 24 heavy (non-hydrogen) atoms. The van der Waals surface area contributed by atoms with Gasteiger partial charge in [-0.15, -0.1) is 0 Å². The smallest absolute Gasteiger partial charge is 0.326 e. The van der Waals surface area contributed by atoms with Crippen molar-refractivity contribution in [3.8, 4) is 0 Å². The van der Waals surface area contributed by atoms with Crippen molar-refractivity contribution < 1.29 is 19.4 Å². The summed E-state index contributed by atoms with van der Waals surface area (Å²) in [4.78, 5) is 26.0. The third kappa shape index (κ3) is 5.04. The van der Waals surface area contributed by atoms with Crippen molar-refractivity contribution in [1.82, 2.24) is 10.2 Å². The molecule has 1 aliphatic heterocycles. The van der Waals surface area contributed by atoms with Gasteiger partial charge in [0.1, 0.15) is 6.04 Å². The molecule has 132 valence electrons. The zero-order chi connectivity index (χ0) is 17.5. The molecule has 6 heteroatoms. The fourth-order valence-corrected chi connectivity index (χ4v) is 3.27. The monoisotopic (exact) mass is 334 g/mol. The van der Waals surface area contributed by atoms with E-state index in [2.05, 4.69) is 10.2 Å². The lowest BCUT2D eigenvalue weighted by molar-refractivity contribution is -0.142. The molecule has 0 aliphatic carbocycles. The lowest BCUT2D eigenvalue weighted by Crippen LogP contribution is -2.46. The van der Waals surface area contributed by atoms with Gasteiger partial charge in [-0.25, -0.2) is 4.79 Å². The Labute approximate surface area is 142 Å². The molecule has 1 aromatic rings. The number of carbonyl (C=O) groups is 2. The van der Waals surface area contributed by atoms with Gasteiger partial charge >= 0.3 is 5.97 Å². The Hall–Kier alpha value is -1.92. The summed E-state index contributed by atoms with van der Waals surface area (Å²) < 4.78 is 5.49. The summed E-state index contributed by atoms with van der Waals surface area (Å²) in [6.45, 7) is 0.998. The Morgan fingerprint density at radius 2 is 2.08 bits per heavy atom. The molecule has 1 saturated heterocycles. The van der Waals surface area contributed by atoms with Crippen molar-refractivity contribution >= 4 is 11.9 Å². The van der Waals surface area contributed by atoms with Gasteiger partial charge in [0, 0.05) is 19.6 Å². The highest BCUT2D eigenvalue weighted by molar-refractivity contribution is 5.84. The molecular formula is C18H26N2O4. The maximum Gasteiger partial charge on any atom is 0.326 e. The van der Waals surface area contributed by atoms with E-state index in [0.29, 0.717) is 0 Å². The first-order chi connectivity index (χ1) is 11.5. The molecule has 1 heterocycles. The van der Waals surface area contributed by atoms with Crippen LogP contribution in [-0.4, -0.2) is 60.8 Å². The summed E-state index contributed by atoms with van der Waals surface area (Å²) in [6, 6.07) is 8.57. The minimum atomic E-state index is -1.03. The minimum absolute atomic E-state index is 0.171.